The van der Waals surface area contributed by atoms with Crippen molar-refractivity contribution in [3.05, 3.63) is 35.6 Å². The van der Waals surface area contributed by atoms with E-state index in [0.29, 0.717) is 13.2 Å². The zero-order valence-corrected chi connectivity index (χ0v) is 10.0. The lowest BCUT2D eigenvalue weighted by molar-refractivity contribution is -0.0251. The zero-order valence-electron chi connectivity index (χ0n) is 10.0. The van der Waals surface area contributed by atoms with Crippen molar-refractivity contribution in [2.45, 2.75) is 25.9 Å². The first-order chi connectivity index (χ1) is 8.11. The molecule has 1 saturated heterocycles. The number of hydrogen-bond acceptors (Lipinski definition) is 2. The molecule has 92 valence electrons. The highest BCUT2D eigenvalue weighted by molar-refractivity contribution is 5.95. The van der Waals surface area contributed by atoms with Crippen LogP contribution < -0.4 is 0 Å². The SMILES string of the molecule is CC1COCC(C)N1C(=O)c1ccccc1F. The minimum absolute atomic E-state index is 0.0224. The lowest BCUT2D eigenvalue weighted by atomic mass is 10.1. The Morgan fingerprint density at radius 3 is 2.47 bits per heavy atom. The summed E-state index contributed by atoms with van der Waals surface area (Å²) in [6, 6.07) is 6.04. The molecule has 1 aromatic rings. The number of morpholine rings is 1. The van der Waals surface area contributed by atoms with Crippen LogP contribution in [0.2, 0.25) is 0 Å². The predicted octanol–water partition coefficient (Wildman–Crippen LogP) is 2.08. The molecule has 1 heterocycles. The molecule has 0 N–H and O–H groups in total. The van der Waals surface area contributed by atoms with Crippen molar-refractivity contribution < 1.29 is 13.9 Å². The molecule has 0 bridgehead atoms. The highest BCUT2D eigenvalue weighted by atomic mass is 19.1. The van der Waals surface area contributed by atoms with Crippen LogP contribution in [0.25, 0.3) is 0 Å². The average Bonchev–Trinajstić information content (AvgIpc) is 2.29. The molecule has 17 heavy (non-hydrogen) atoms. The summed E-state index contributed by atoms with van der Waals surface area (Å²) in [6.45, 7) is 4.83. The van der Waals surface area contributed by atoms with Gasteiger partial charge in [-0.25, -0.2) is 4.39 Å². The molecule has 1 aromatic carbocycles. The number of benzene rings is 1. The van der Waals surface area contributed by atoms with Crippen molar-refractivity contribution in [3.63, 3.8) is 0 Å². The minimum Gasteiger partial charge on any atom is -0.377 e. The third-order valence-electron chi connectivity index (χ3n) is 3.01. The summed E-state index contributed by atoms with van der Waals surface area (Å²) in [6.07, 6.45) is 0. The Bertz CT molecular complexity index is 412. The third-order valence-corrected chi connectivity index (χ3v) is 3.01. The Hall–Kier alpha value is -1.42. The van der Waals surface area contributed by atoms with E-state index in [9.17, 15) is 9.18 Å². The van der Waals surface area contributed by atoms with Gasteiger partial charge in [0.25, 0.3) is 5.91 Å². The van der Waals surface area contributed by atoms with Crippen LogP contribution in [0.15, 0.2) is 24.3 Å². The first-order valence-corrected chi connectivity index (χ1v) is 5.76. The number of rotatable bonds is 1. The molecule has 1 aliphatic heterocycles. The summed E-state index contributed by atoms with van der Waals surface area (Å²) < 4.78 is 18.9. The predicted molar refractivity (Wildman–Crippen MR) is 62.3 cm³/mol. The normalized spacial score (nSPS) is 24.8. The van der Waals surface area contributed by atoms with Crippen molar-refractivity contribution in [3.8, 4) is 0 Å². The van der Waals surface area contributed by atoms with Crippen molar-refractivity contribution in [1.82, 2.24) is 4.90 Å². The standard InChI is InChI=1S/C13H16FNO2/c1-9-7-17-8-10(2)15(9)13(16)11-5-3-4-6-12(11)14/h3-6,9-10H,7-8H2,1-2H3. The van der Waals surface area contributed by atoms with Gasteiger partial charge in [0.1, 0.15) is 5.82 Å². The summed E-state index contributed by atoms with van der Waals surface area (Å²) >= 11 is 0. The number of hydrogen-bond donors (Lipinski definition) is 0. The maximum Gasteiger partial charge on any atom is 0.257 e. The van der Waals surface area contributed by atoms with E-state index < -0.39 is 5.82 Å². The van der Waals surface area contributed by atoms with Gasteiger partial charge in [0.05, 0.1) is 30.9 Å². The van der Waals surface area contributed by atoms with Crippen LogP contribution in [0.3, 0.4) is 0 Å². The fourth-order valence-corrected chi connectivity index (χ4v) is 2.18. The Balaban J connectivity index is 2.27. The van der Waals surface area contributed by atoms with E-state index in [4.69, 9.17) is 4.74 Å². The fourth-order valence-electron chi connectivity index (χ4n) is 2.18. The van der Waals surface area contributed by atoms with Gasteiger partial charge in [0.15, 0.2) is 0 Å². The lowest BCUT2D eigenvalue weighted by Gasteiger charge is -2.38. The van der Waals surface area contributed by atoms with Crippen LogP contribution in [0.5, 0.6) is 0 Å². The van der Waals surface area contributed by atoms with Crippen molar-refractivity contribution in [2.75, 3.05) is 13.2 Å². The summed E-state index contributed by atoms with van der Waals surface area (Å²) in [4.78, 5) is 14.0. The minimum atomic E-state index is -0.469. The second-order valence-corrected chi connectivity index (χ2v) is 4.43. The molecule has 0 radical (unpaired) electrons. The maximum atomic E-state index is 13.6. The highest BCUT2D eigenvalue weighted by Crippen LogP contribution is 2.18. The van der Waals surface area contributed by atoms with Crippen LogP contribution >= 0.6 is 0 Å². The van der Waals surface area contributed by atoms with Gasteiger partial charge in [0, 0.05) is 0 Å². The monoisotopic (exact) mass is 237 g/mol. The number of halogens is 1. The Morgan fingerprint density at radius 1 is 1.29 bits per heavy atom. The van der Waals surface area contributed by atoms with Gasteiger partial charge in [-0.15, -0.1) is 0 Å². The van der Waals surface area contributed by atoms with Crippen LogP contribution in [0, 0.1) is 5.82 Å². The molecule has 1 amide bonds. The molecule has 4 heteroatoms. The summed E-state index contributed by atoms with van der Waals surface area (Å²) in [5.74, 6) is -0.727. The molecule has 0 aromatic heterocycles. The van der Waals surface area contributed by atoms with Gasteiger partial charge in [0.2, 0.25) is 0 Å². The van der Waals surface area contributed by atoms with Gasteiger partial charge in [-0.2, -0.15) is 0 Å². The molecular weight excluding hydrogens is 221 g/mol. The summed E-state index contributed by atoms with van der Waals surface area (Å²) in [5, 5.41) is 0. The van der Waals surface area contributed by atoms with Gasteiger partial charge in [-0.05, 0) is 26.0 Å². The topological polar surface area (TPSA) is 29.5 Å². The zero-order chi connectivity index (χ0) is 12.4. The molecule has 0 saturated carbocycles. The molecule has 2 unspecified atom stereocenters. The van der Waals surface area contributed by atoms with Crippen LogP contribution in [0.1, 0.15) is 24.2 Å². The first kappa shape index (κ1) is 12.0. The van der Waals surface area contributed by atoms with Gasteiger partial charge in [-0.3, -0.25) is 4.79 Å². The number of carbonyl (C=O) groups is 1. The lowest BCUT2D eigenvalue weighted by Crippen LogP contribution is -2.52. The van der Waals surface area contributed by atoms with Gasteiger partial charge >= 0.3 is 0 Å². The molecule has 0 spiro atoms. The average molecular weight is 237 g/mol. The number of ether oxygens (including phenoxy) is 1. The summed E-state index contributed by atoms with van der Waals surface area (Å²) in [5.41, 5.74) is 0.133. The van der Waals surface area contributed by atoms with Gasteiger partial charge in [-0.1, -0.05) is 12.1 Å². The largest absolute Gasteiger partial charge is 0.377 e. The van der Waals surface area contributed by atoms with Crippen molar-refractivity contribution >= 4 is 5.91 Å². The third kappa shape index (κ3) is 2.31. The summed E-state index contributed by atoms with van der Waals surface area (Å²) in [7, 11) is 0. The second kappa shape index (κ2) is 4.84. The molecule has 3 nitrogen and oxygen atoms in total. The molecule has 2 rings (SSSR count). The van der Waals surface area contributed by atoms with Gasteiger partial charge < -0.3 is 9.64 Å². The second-order valence-electron chi connectivity index (χ2n) is 4.43. The fraction of sp³-hybridized carbons (Fsp3) is 0.462. The van der Waals surface area contributed by atoms with Crippen molar-refractivity contribution in [1.29, 1.82) is 0 Å². The number of amides is 1. The molecule has 0 aliphatic carbocycles. The van der Waals surface area contributed by atoms with E-state index in [-0.39, 0.29) is 23.6 Å². The van der Waals surface area contributed by atoms with E-state index in [0.717, 1.165) is 0 Å². The van der Waals surface area contributed by atoms with Crippen LogP contribution in [0.4, 0.5) is 4.39 Å². The van der Waals surface area contributed by atoms with E-state index in [1.807, 2.05) is 13.8 Å². The molecule has 1 aliphatic rings. The van der Waals surface area contributed by atoms with Crippen LogP contribution in [-0.2, 0) is 4.74 Å². The maximum absolute atomic E-state index is 13.6. The van der Waals surface area contributed by atoms with E-state index in [1.165, 1.54) is 12.1 Å². The molecule has 2 atom stereocenters. The Labute approximate surface area is 100 Å². The van der Waals surface area contributed by atoms with E-state index >= 15 is 0 Å². The Morgan fingerprint density at radius 2 is 1.88 bits per heavy atom. The first-order valence-electron chi connectivity index (χ1n) is 5.76. The van der Waals surface area contributed by atoms with E-state index in [2.05, 4.69) is 0 Å². The van der Waals surface area contributed by atoms with Crippen LogP contribution in [-0.4, -0.2) is 36.1 Å². The number of carbonyl (C=O) groups excluding carboxylic acids is 1. The molecule has 1 fully saturated rings. The number of nitrogens with zero attached hydrogens (tertiary/aromatic N) is 1. The molecular formula is C13H16FNO2. The Kier molecular flexibility index (Phi) is 3.43. The smallest absolute Gasteiger partial charge is 0.257 e. The van der Waals surface area contributed by atoms with E-state index in [1.54, 1.807) is 17.0 Å². The van der Waals surface area contributed by atoms with Crippen molar-refractivity contribution in [2.24, 2.45) is 0 Å². The highest BCUT2D eigenvalue weighted by Gasteiger charge is 2.31. The quantitative estimate of drug-likeness (QED) is 0.748.